The molecule has 0 saturated carbocycles. The lowest BCUT2D eigenvalue weighted by atomic mass is 10.2. The summed E-state index contributed by atoms with van der Waals surface area (Å²) in [4.78, 5) is 15.0. The first-order valence-electron chi connectivity index (χ1n) is 5.77. The van der Waals surface area contributed by atoms with Crippen LogP contribution in [0.1, 0.15) is 10.4 Å². The average Bonchev–Trinajstić information content (AvgIpc) is 2.42. The quantitative estimate of drug-likeness (QED) is 0.784. The Morgan fingerprint density at radius 1 is 1.38 bits per heavy atom. The number of nitrogen functional groups attached to an aromatic ring is 1. The number of nitrogens with zero attached hydrogens (tertiary/aromatic N) is 1. The van der Waals surface area contributed by atoms with E-state index in [1.54, 1.807) is 6.07 Å². The first kappa shape index (κ1) is 14.5. The number of rotatable bonds is 5. The van der Waals surface area contributed by atoms with Crippen molar-refractivity contribution in [3.63, 3.8) is 0 Å². The summed E-state index contributed by atoms with van der Waals surface area (Å²) >= 11 is 0. The lowest BCUT2D eigenvalue weighted by molar-refractivity contribution is -0.0493. The van der Waals surface area contributed by atoms with Crippen molar-refractivity contribution in [3.8, 4) is 5.75 Å². The molecular weight excluding hydrogens is 284 g/mol. The predicted molar refractivity (Wildman–Crippen MR) is 72.0 cm³/mol. The molecule has 0 radical (unpaired) electrons. The van der Waals surface area contributed by atoms with Crippen molar-refractivity contribution in [1.82, 2.24) is 4.98 Å². The van der Waals surface area contributed by atoms with E-state index in [-0.39, 0.29) is 28.5 Å². The molecule has 1 aromatic heterocycles. The van der Waals surface area contributed by atoms with Gasteiger partial charge in [-0.15, -0.1) is 0 Å². The number of hydrogen-bond donors (Lipinski definition) is 3. The number of hydrogen-bond acceptors (Lipinski definition) is 5. The molecule has 6 nitrogen and oxygen atoms in total. The van der Waals surface area contributed by atoms with E-state index in [0.29, 0.717) is 0 Å². The van der Waals surface area contributed by atoms with Gasteiger partial charge in [-0.05, 0) is 18.2 Å². The van der Waals surface area contributed by atoms with Crippen LogP contribution in [-0.4, -0.2) is 22.7 Å². The van der Waals surface area contributed by atoms with E-state index in [1.807, 2.05) is 0 Å². The second-order valence-electron chi connectivity index (χ2n) is 3.97. The van der Waals surface area contributed by atoms with Crippen LogP contribution in [-0.2, 0) is 0 Å². The third-order valence-electron chi connectivity index (χ3n) is 2.50. The molecule has 0 fully saturated rings. The number of carboxylic acid groups (broad SMARTS) is 1. The minimum atomic E-state index is -2.99. The Morgan fingerprint density at radius 2 is 2.10 bits per heavy atom. The molecule has 0 aliphatic heterocycles. The molecular formula is C13H11F2N3O3. The fourth-order valence-electron chi connectivity index (χ4n) is 1.64. The van der Waals surface area contributed by atoms with Gasteiger partial charge in [0.1, 0.15) is 17.1 Å². The molecule has 1 heterocycles. The summed E-state index contributed by atoms with van der Waals surface area (Å²) in [5, 5.41) is 11.7. The van der Waals surface area contributed by atoms with Crippen molar-refractivity contribution in [1.29, 1.82) is 0 Å². The highest BCUT2D eigenvalue weighted by Crippen LogP contribution is 2.29. The number of halogens is 2. The Bertz CT molecular complexity index is 665. The second-order valence-corrected chi connectivity index (χ2v) is 3.97. The molecule has 0 atom stereocenters. The summed E-state index contributed by atoms with van der Waals surface area (Å²) in [7, 11) is 0. The molecule has 0 unspecified atom stereocenters. The number of aromatic carboxylic acids is 1. The van der Waals surface area contributed by atoms with Gasteiger partial charge in [0.2, 0.25) is 0 Å². The van der Waals surface area contributed by atoms with E-state index < -0.39 is 12.6 Å². The van der Waals surface area contributed by atoms with Crippen molar-refractivity contribution in [3.05, 3.63) is 42.1 Å². The van der Waals surface area contributed by atoms with Crippen LogP contribution in [0, 0.1) is 0 Å². The Balaban J connectivity index is 2.37. The minimum Gasteiger partial charge on any atom is -0.478 e. The maximum absolute atomic E-state index is 12.3. The van der Waals surface area contributed by atoms with Gasteiger partial charge in [0.15, 0.2) is 0 Å². The number of aromatic nitrogens is 1. The fraction of sp³-hybridized carbons (Fsp3) is 0.0769. The third kappa shape index (κ3) is 3.56. The molecule has 1 aromatic carbocycles. The van der Waals surface area contributed by atoms with Gasteiger partial charge in [0.25, 0.3) is 0 Å². The average molecular weight is 295 g/mol. The Hall–Kier alpha value is -2.90. The van der Waals surface area contributed by atoms with Gasteiger partial charge in [-0.2, -0.15) is 8.78 Å². The number of alkyl halides is 2. The van der Waals surface area contributed by atoms with Crippen LogP contribution >= 0.6 is 0 Å². The highest BCUT2D eigenvalue weighted by atomic mass is 19.3. The topological polar surface area (TPSA) is 97.5 Å². The molecule has 0 aliphatic carbocycles. The second kappa shape index (κ2) is 6.04. The van der Waals surface area contributed by atoms with Crippen molar-refractivity contribution in [2.45, 2.75) is 6.61 Å². The maximum atomic E-state index is 12.3. The summed E-state index contributed by atoms with van der Waals surface area (Å²) in [5.74, 6) is -1.39. The molecule has 2 aromatic rings. The molecule has 8 heteroatoms. The monoisotopic (exact) mass is 295 g/mol. The van der Waals surface area contributed by atoms with E-state index >= 15 is 0 Å². The number of ether oxygens (including phenoxy) is 1. The Kier molecular flexibility index (Phi) is 4.17. The zero-order valence-corrected chi connectivity index (χ0v) is 10.6. The van der Waals surface area contributed by atoms with Crippen LogP contribution in [0.3, 0.4) is 0 Å². The first-order chi connectivity index (χ1) is 9.97. The molecule has 110 valence electrons. The first-order valence-corrected chi connectivity index (χ1v) is 5.77. The molecule has 0 amide bonds. The number of benzene rings is 1. The van der Waals surface area contributed by atoms with E-state index in [2.05, 4.69) is 15.0 Å². The zero-order chi connectivity index (χ0) is 15.4. The standard InChI is InChI=1S/C13H11F2N3O3/c14-13(15)21-10-4-2-1-3-9(10)18-11-8(12(19)20)5-7(16)6-17-11/h1-6,13H,16H2,(H,17,18)(H,19,20). The molecule has 21 heavy (non-hydrogen) atoms. The molecule has 4 N–H and O–H groups in total. The summed E-state index contributed by atoms with van der Waals surface area (Å²) < 4.78 is 29.0. The Morgan fingerprint density at radius 3 is 2.76 bits per heavy atom. The van der Waals surface area contributed by atoms with Gasteiger partial charge < -0.3 is 20.9 Å². The highest BCUT2D eigenvalue weighted by Gasteiger charge is 2.15. The van der Waals surface area contributed by atoms with E-state index in [4.69, 9.17) is 10.8 Å². The summed E-state index contributed by atoms with van der Waals surface area (Å²) in [6, 6.07) is 7.09. The van der Waals surface area contributed by atoms with Gasteiger partial charge >= 0.3 is 12.6 Å². The largest absolute Gasteiger partial charge is 0.478 e. The third-order valence-corrected chi connectivity index (χ3v) is 2.50. The van der Waals surface area contributed by atoms with Crippen molar-refractivity contribution >= 4 is 23.2 Å². The lowest BCUT2D eigenvalue weighted by Crippen LogP contribution is -2.08. The molecule has 0 aliphatic rings. The van der Waals surface area contributed by atoms with Crippen LogP contribution in [0.4, 0.5) is 26.0 Å². The number of carboxylic acids is 1. The summed E-state index contributed by atoms with van der Waals surface area (Å²) in [6.45, 7) is -2.99. The zero-order valence-electron chi connectivity index (χ0n) is 10.6. The number of nitrogens with one attached hydrogen (secondary N) is 1. The maximum Gasteiger partial charge on any atom is 0.387 e. The highest BCUT2D eigenvalue weighted by molar-refractivity contribution is 5.95. The van der Waals surface area contributed by atoms with Crippen molar-refractivity contribution in [2.75, 3.05) is 11.1 Å². The molecule has 0 bridgehead atoms. The number of nitrogens with two attached hydrogens (primary N) is 1. The number of para-hydroxylation sites is 2. The van der Waals surface area contributed by atoms with Gasteiger partial charge in [0.05, 0.1) is 17.6 Å². The van der Waals surface area contributed by atoms with Gasteiger partial charge in [0, 0.05) is 0 Å². The molecule has 0 saturated heterocycles. The smallest absolute Gasteiger partial charge is 0.387 e. The van der Waals surface area contributed by atoms with Crippen molar-refractivity contribution in [2.24, 2.45) is 0 Å². The van der Waals surface area contributed by atoms with Crippen LogP contribution < -0.4 is 15.8 Å². The molecule has 0 spiro atoms. The van der Waals surface area contributed by atoms with Gasteiger partial charge in [-0.3, -0.25) is 0 Å². The molecule has 2 rings (SSSR count). The summed E-state index contributed by atoms with van der Waals surface area (Å²) in [5.41, 5.74) is 5.64. The van der Waals surface area contributed by atoms with E-state index in [0.717, 1.165) is 0 Å². The van der Waals surface area contributed by atoms with Crippen LogP contribution in [0.5, 0.6) is 5.75 Å². The Labute approximate surface area is 118 Å². The predicted octanol–water partition coefficient (Wildman–Crippen LogP) is 2.71. The lowest BCUT2D eigenvalue weighted by Gasteiger charge is -2.13. The van der Waals surface area contributed by atoms with E-state index in [9.17, 15) is 13.6 Å². The number of pyridine rings is 1. The normalized spacial score (nSPS) is 10.4. The SMILES string of the molecule is Nc1cnc(Nc2ccccc2OC(F)F)c(C(=O)O)c1. The van der Waals surface area contributed by atoms with Gasteiger partial charge in [-0.25, -0.2) is 9.78 Å². The van der Waals surface area contributed by atoms with Crippen LogP contribution in [0.15, 0.2) is 36.5 Å². The number of anilines is 3. The van der Waals surface area contributed by atoms with Gasteiger partial charge in [-0.1, -0.05) is 12.1 Å². The summed E-state index contributed by atoms with van der Waals surface area (Å²) in [6.07, 6.45) is 1.26. The number of carbonyl (C=O) groups is 1. The minimum absolute atomic E-state index is 0.0259. The van der Waals surface area contributed by atoms with Crippen molar-refractivity contribution < 1.29 is 23.4 Å². The fourth-order valence-corrected chi connectivity index (χ4v) is 1.64. The van der Waals surface area contributed by atoms with E-state index in [1.165, 1.54) is 30.5 Å². The van der Waals surface area contributed by atoms with Crippen LogP contribution in [0.2, 0.25) is 0 Å². The van der Waals surface area contributed by atoms with Crippen LogP contribution in [0.25, 0.3) is 0 Å².